The van der Waals surface area contributed by atoms with Gasteiger partial charge in [-0.2, -0.15) is 4.39 Å². The molecule has 1 nitrogen and oxygen atoms in total. The van der Waals surface area contributed by atoms with Crippen LogP contribution in [0.25, 0.3) is 27.8 Å². The lowest BCUT2D eigenvalue weighted by atomic mass is 9.71. The van der Waals surface area contributed by atoms with Crippen LogP contribution in [0.5, 0.6) is 5.75 Å². The minimum absolute atomic E-state index is 0.0808. The van der Waals surface area contributed by atoms with Gasteiger partial charge < -0.3 is 4.74 Å². The van der Waals surface area contributed by atoms with E-state index in [0.29, 0.717) is 35.1 Å². The fourth-order valence-corrected chi connectivity index (χ4v) is 6.65. The van der Waals surface area contributed by atoms with E-state index in [2.05, 4.69) is 25.2 Å². The Balaban J connectivity index is 1.28. The van der Waals surface area contributed by atoms with E-state index in [1.165, 1.54) is 37.8 Å². The molecule has 2 aliphatic carbocycles. The summed E-state index contributed by atoms with van der Waals surface area (Å²) >= 11 is 0. The maximum atomic E-state index is 15.4. The van der Waals surface area contributed by atoms with Crippen LogP contribution in [-0.4, -0.2) is 6.61 Å². The number of rotatable bonds is 9. The third-order valence-corrected chi connectivity index (χ3v) is 9.14. The molecule has 5 heteroatoms. The molecule has 0 spiro atoms. The monoisotopic (exact) mass is 576 g/mol. The maximum Gasteiger partial charge on any atom is 0.201 e. The van der Waals surface area contributed by atoms with Crippen LogP contribution in [0.3, 0.4) is 0 Å². The van der Waals surface area contributed by atoms with Gasteiger partial charge in [-0.05, 0) is 105 Å². The summed E-state index contributed by atoms with van der Waals surface area (Å²) in [6.45, 7) is 4.39. The van der Waals surface area contributed by atoms with Crippen molar-refractivity contribution >= 4 is 5.57 Å². The fraction of sp³-hybridized carbons (Fsp3) is 0.405. The number of hydrogen-bond donors (Lipinski definition) is 0. The van der Waals surface area contributed by atoms with Crippen molar-refractivity contribution < 1.29 is 22.3 Å². The summed E-state index contributed by atoms with van der Waals surface area (Å²) < 4.78 is 65.5. The molecule has 0 heterocycles. The smallest absolute Gasteiger partial charge is 0.201 e. The molecule has 1 fully saturated rings. The van der Waals surface area contributed by atoms with Crippen molar-refractivity contribution in [2.75, 3.05) is 6.61 Å². The van der Waals surface area contributed by atoms with Crippen LogP contribution in [0, 0.1) is 41.0 Å². The summed E-state index contributed by atoms with van der Waals surface area (Å²) in [6, 6.07) is 12.6. The van der Waals surface area contributed by atoms with Gasteiger partial charge in [-0.15, -0.1) is 0 Å². The lowest BCUT2D eigenvalue weighted by Gasteiger charge is -2.35. The molecule has 0 radical (unpaired) electrons. The second-order valence-corrected chi connectivity index (χ2v) is 11.8. The van der Waals surface area contributed by atoms with Gasteiger partial charge in [0.25, 0.3) is 0 Å². The largest absolute Gasteiger partial charge is 0.490 e. The first kappa shape index (κ1) is 30.1. The SMILES string of the molecule is C/C=C/C1CCC(C2CC=C(c3ccc(-c4ccc(-c5ccc(OCCCC)c(F)c5F)cc4)c(F)c3F)CC2)CC1. The molecule has 0 saturated heterocycles. The summed E-state index contributed by atoms with van der Waals surface area (Å²) in [5, 5.41) is 0. The van der Waals surface area contributed by atoms with Gasteiger partial charge >= 0.3 is 0 Å². The predicted octanol–water partition coefficient (Wildman–Crippen LogP) is 11.3. The third kappa shape index (κ3) is 6.50. The van der Waals surface area contributed by atoms with Gasteiger partial charge in [-0.3, -0.25) is 0 Å². The standard InChI is InChI=1S/C37H40F4O/c1-3-5-23-42-33-22-21-32(36(40)37(33)41)29-17-15-28(16-18-29)31-20-19-30(34(38)35(31)39)27-13-11-26(12-14-27)25-9-7-24(6-4-2)8-10-25/h4,6,13,15-22,24-26H,3,5,7-12,14,23H2,1-2H3/b6-4+. The molecule has 0 amide bonds. The number of benzene rings is 3. The van der Waals surface area contributed by atoms with Gasteiger partial charge in [0.2, 0.25) is 5.82 Å². The van der Waals surface area contributed by atoms with Crippen molar-refractivity contribution in [2.24, 2.45) is 17.8 Å². The molecule has 0 aliphatic heterocycles. The first-order chi connectivity index (χ1) is 20.4. The number of hydrogen-bond acceptors (Lipinski definition) is 1. The Morgan fingerprint density at radius 1 is 0.714 bits per heavy atom. The highest BCUT2D eigenvalue weighted by Crippen LogP contribution is 2.42. The second kappa shape index (κ2) is 13.8. The van der Waals surface area contributed by atoms with E-state index in [1.807, 2.05) is 6.92 Å². The molecule has 5 rings (SSSR count). The minimum atomic E-state index is -1.03. The zero-order chi connectivity index (χ0) is 29.6. The van der Waals surface area contributed by atoms with E-state index in [1.54, 1.807) is 36.4 Å². The van der Waals surface area contributed by atoms with Crippen LogP contribution in [0.4, 0.5) is 17.6 Å². The molecule has 0 N–H and O–H groups in total. The van der Waals surface area contributed by atoms with E-state index in [9.17, 15) is 8.78 Å². The van der Waals surface area contributed by atoms with Crippen LogP contribution >= 0.6 is 0 Å². The molecular weight excluding hydrogens is 536 g/mol. The zero-order valence-electron chi connectivity index (χ0n) is 24.6. The molecule has 3 aromatic carbocycles. The summed E-state index contributed by atoms with van der Waals surface area (Å²) in [4.78, 5) is 0. The molecule has 1 unspecified atom stereocenters. The van der Waals surface area contributed by atoms with E-state index < -0.39 is 23.3 Å². The second-order valence-electron chi connectivity index (χ2n) is 11.8. The lowest BCUT2D eigenvalue weighted by Crippen LogP contribution is -2.22. The molecule has 0 aromatic heterocycles. The topological polar surface area (TPSA) is 9.23 Å². The Morgan fingerprint density at radius 2 is 1.31 bits per heavy atom. The normalized spacial score (nSPS) is 21.0. The van der Waals surface area contributed by atoms with Crippen molar-refractivity contribution in [1.82, 2.24) is 0 Å². The van der Waals surface area contributed by atoms with E-state index in [4.69, 9.17) is 4.74 Å². The number of ether oxygens (including phenoxy) is 1. The van der Waals surface area contributed by atoms with Crippen molar-refractivity contribution in [3.05, 3.63) is 95.6 Å². The van der Waals surface area contributed by atoms with Crippen LogP contribution in [0.15, 0.2) is 66.8 Å². The van der Waals surface area contributed by atoms with Crippen LogP contribution in [0.1, 0.15) is 77.2 Å². The molecule has 3 aromatic rings. The van der Waals surface area contributed by atoms with Crippen LogP contribution < -0.4 is 4.74 Å². The first-order valence-corrected chi connectivity index (χ1v) is 15.4. The highest BCUT2D eigenvalue weighted by molar-refractivity contribution is 5.74. The molecular formula is C37H40F4O. The van der Waals surface area contributed by atoms with Gasteiger partial charge in [0.1, 0.15) is 0 Å². The third-order valence-electron chi connectivity index (χ3n) is 9.14. The van der Waals surface area contributed by atoms with Gasteiger partial charge in [0, 0.05) is 16.7 Å². The molecule has 1 atom stereocenters. The van der Waals surface area contributed by atoms with Gasteiger partial charge in [-0.25, -0.2) is 13.2 Å². The highest BCUT2D eigenvalue weighted by atomic mass is 19.2. The quantitative estimate of drug-likeness (QED) is 0.140. The van der Waals surface area contributed by atoms with Gasteiger partial charge in [-0.1, -0.05) is 68.0 Å². The average Bonchev–Trinajstić information content (AvgIpc) is 3.02. The number of allylic oxidation sites excluding steroid dienone is 4. The Morgan fingerprint density at radius 3 is 1.90 bits per heavy atom. The average molecular weight is 577 g/mol. The van der Waals surface area contributed by atoms with Crippen molar-refractivity contribution in [3.8, 4) is 28.0 Å². The highest BCUT2D eigenvalue weighted by Gasteiger charge is 2.29. The number of unbranched alkanes of at least 4 members (excludes halogenated alkanes) is 1. The Labute approximate surface area is 247 Å². The first-order valence-electron chi connectivity index (χ1n) is 15.4. The molecule has 2 aliphatic rings. The Bertz CT molecular complexity index is 1430. The molecule has 1 saturated carbocycles. The van der Waals surface area contributed by atoms with Gasteiger partial charge in [0.05, 0.1) is 6.61 Å². The van der Waals surface area contributed by atoms with E-state index in [0.717, 1.165) is 43.6 Å². The summed E-state index contributed by atoms with van der Waals surface area (Å²) in [5.74, 6) is -1.82. The maximum absolute atomic E-state index is 15.4. The summed E-state index contributed by atoms with van der Waals surface area (Å²) in [7, 11) is 0. The van der Waals surface area contributed by atoms with E-state index in [-0.39, 0.29) is 16.9 Å². The van der Waals surface area contributed by atoms with Crippen LogP contribution in [-0.2, 0) is 0 Å². The molecule has 42 heavy (non-hydrogen) atoms. The Kier molecular flexibility index (Phi) is 9.87. The van der Waals surface area contributed by atoms with E-state index >= 15 is 8.78 Å². The Hall–Kier alpha value is -3.34. The zero-order valence-corrected chi connectivity index (χ0v) is 24.6. The van der Waals surface area contributed by atoms with Crippen molar-refractivity contribution in [3.63, 3.8) is 0 Å². The van der Waals surface area contributed by atoms with Crippen molar-refractivity contribution in [2.45, 2.75) is 71.6 Å². The van der Waals surface area contributed by atoms with Gasteiger partial charge in [0.15, 0.2) is 23.2 Å². The van der Waals surface area contributed by atoms with Crippen molar-refractivity contribution in [1.29, 1.82) is 0 Å². The fourth-order valence-electron chi connectivity index (χ4n) is 6.65. The molecule has 222 valence electrons. The molecule has 0 bridgehead atoms. The summed E-state index contributed by atoms with van der Waals surface area (Å²) in [6.07, 6.45) is 15.9. The predicted molar refractivity (Wildman–Crippen MR) is 163 cm³/mol. The number of halogens is 4. The lowest BCUT2D eigenvalue weighted by molar-refractivity contribution is 0.212. The summed E-state index contributed by atoms with van der Waals surface area (Å²) in [5.41, 5.74) is 2.34. The minimum Gasteiger partial charge on any atom is -0.490 e. The van der Waals surface area contributed by atoms with Crippen LogP contribution in [0.2, 0.25) is 0 Å².